The van der Waals surface area contributed by atoms with Crippen molar-refractivity contribution in [1.29, 1.82) is 0 Å². The summed E-state index contributed by atoms with van der Waals surface area (Å²) in [6, 6.07) is 0. The summed E-state index contributed by atoms with van der Waals surface area (Å²) in [4.78, 5) is 23.3. The van der Waals surface area contributed by atoms with Gasteiger partial charge in [-0.05, 0) is 80.0 Å². The Kier molecular flexibility index (Phi) is 4.12. The van der Waals surface area contributed by atoms with Crippen LogP contribution in [0.3, 0.4) is 0 Å². The smallest absolute Gasteiger partial charge is 0.302 e. The van der Waals surface area contributed by atoms with Crippen molar-refractivity contribution in [3.8, 4) is 0 Å². The number of rotatable bonds is 3. The van der Waals surface area contributed by atoms with Gasteiger partial charge < -0.3 is 14.6 Å². The Bertz CT molecular complexity index is 617. The fraction of sp³-hybridized carbons (Fsp3) is 0.909. The molecule has 0 amide bonds. The Hall–Kier alpha value is -0.900. The Labute approximate surface area is 157 Å². The third-order valence-corrected chi connectivity index (χ3v) is 9.16. The van der Waals surface area contributed by atoms with Crippen LogP contribution in [0.5, 0.6) is 0 Å². The summed E-state index contributed by atoms with van der Waals surface area (Å²) in [5.74, 6) is 0.990. The number of ether oxygens (including phenoxy) is 1. The van der Waals surface area contributed by atoms with Crippen LogP contribution in [-0.2, 0) is 14.3 Å². The van der Waals surface area contributed by atoms with Gasteiger partial charge in [0.15, 0.2) is 0 Å². The lowest BCUT2D eigenvalue weighted by Gasteiger charge is -2.63. The van der Waals surface area contributed by atoms with E-state index in [1.54, 1.807) is 0 Å². The molecule has 1 spiro atoms. The Morgan fingerprint density at radius 2 is 1.92 bits per heavy atom. The molecule has 0 saturated heterocycles. The normalized spacial score (nSPS) is 52.7. The third kappa shape index (κ3) is 2.43. The number of esters is 1. The first kappa shape index (κ1) is 18.5. The molecular weight excluding hydrogens is 328 g/mol. The quantitative estimate of drug-likeness (QED) is 0.611. The maximum Gasteiger partial charge on any atom is 0.302 e. The van der Waals surface area contributed by atoms with E-state index in [4.69, 9.17) is 4.74 Å². The highest BCUT2D eigenvalue weighted by Gasteiger charge is 2.67. The zero-order valence-corrected chi connectivity index (χ0v) is 16.6. The summed E-state index contributed by atoms with van der Waals surface area (Å²) in [5, 5.41) is 11.3. The average molecular weight is 363 g/mol. The van der Waals surface area contributed by atoms with Crippen molar-refractivity contribution in [3.05, 3.63) is 0 Å². The first-order chi connectivity index (χ1) is 12.2. The van der Waals surface area contributed by atoms with E-state index in [9.17, 15) is 14.7 Å². The number of carbonyl (C=O) groups is 2. The van der Waals surface area contributed by atoms with Crippen LogP contribution in [0, 0.1) is 34.0 Å². The number of aliphatic hydroxyl groups is 1. The van der Waals surface area contributed by atoms with E-state index in [0.717, 1.165) is 51.4 Å². The molecule has 4 rings (SSSR count). The second-order valence-electron chi connectivity index (χ2n) is 10.5. The molecule has 4 fully saturated rings. The number of aldehydes is 1. The molecule has 0 heterocycles. The molecule has 4 nitrogen and oxygen atoms in total. The molecule has 4 aliphatic carbocycles. The second-order valence-corrected chi connectivity index (χ2v) is 10.5. The van der Waals surface area contributed by atoms with Crippen molar-refractivity contribution in [3.63, 3.8) is 0 Å². The van der Waals surface area contributed by atoms with Crippen LogP contribution in [0.2, 0.25) is 0 Å². The minimum Gasteiger partial charge on any atom is -0.463 e. The summed E-state index contributed by atoms with van der Waals surface area (Å²) in [6.07, 6.45) is 10.8. The van der Waals surface area contributed by atoms with Crippen LogP contribution < -0.4 is 0 Å². The summed E-state index contributed by atoms with van der Waals surface area (Å²) >= 11 is 0. The van der Waals surface area contributed by atoms with Gasteiger partial charge in [0.1, 0.15) is 18.5 Å². The molecule has 0 aromatic heterocycles. The Morgan fingerprint density at radius 3 is 2.62 bits per heavy atom. The SMILES string of the molecule is CC(=O)OC[C@]1(O)CC23CC[C@H]4[C@@](C)(CCC[C@@]4(C)C=O)[C@@H]2CC[C@@H]1C3. The van der Waals surface area contributed by atoms with Crippen molar-refractivity contribution < 1.29 is 19.4 Å². The van der Waals surface area contributed by atoms with Crippen LogP contribution in [0.15, 0.2) is 0 Å². The highest BCUT2D eigenvalue weighted by atomic mass is 16.5. The van der Waals surface area contributed by atoms with Crippen LogP contribution in [0.1, 0.15) is 78.6 Å². The lowest BCUT2D eigenvalue weighted by molar-refractivity contribution is -0.158. The van der Waals surface area contributed by atoms with Crippen LogP contribution in [0.4, 0.5) is 0 Å². The number of carbonyl (C=O) groups excluding carboxylic acids is 2. The topological polar surface area (TPSA) is 63.6 Å². The minimum atomic E-state index is -0.855. The van der Waals surface area contributed by atoms with Gasteiger partial charge in [-0.15, -0.1) is 0 Å². The van der Waals surface area contributed by atoms with Crippen molar-refractivity contribution in [2.24, 2.45) is 34.0 Å². The lowest BCUT2D eigenvalue weighted by Crippen LogP contribution is -2.56. The fourth-order valence-corrected chi connectivity index (χ4v) is 8.21. The van der Waals surface area contributed by atoms with Gasteiger partial charge in [-0.3, -0.25) is 4.79 Å². The lowest BCUT2D eigenvalue weighted by atomic mass is 9.41. The zero-order chi connectivity index (χ0) is 18.8. The first-order valence-corrected chi connectivity index (χ1v) is 10.5. The molecule has 0 aromatic rings. The van der Waals surface area contributed by atoms with Gasteiger partial charge in [-0.1, -0.05) is 20.3 Å². The van der Waals surface area contributed by atoms with Gasteiger partial charge in [0.2, 0.25) is 0 Å². The van der Waals surface area contributed by atoms with E-state index >= 15 is 0 Å². The fourth-order valence-electron chi connectivity index (χ4n) is 8.21. The first-order valence-electron chi connectivity index (χ1n) is 10.5. The predicted molar refractivity (Wildman–Crippen MR) is 98.3 cm³/mol. The molecule has 1 N–H and O–H groups in total. The molecule has 2 bridgehead atoms. The summed E-state index contributed by atoms with van der Waals surface area (Å²) in [5.41, 5.74) is -0.668. The molecule has 7 atom stereocenters. The minimum absolute atomic E-state index is 0.146. The number of fused-ring (bicyclic) bond motifs is 3. The van der Waals surface area contributed by atoms with Crippen molar-refractivity contribution in [2.75, 3.05) is 6.61 Å². The van der Waals surface area contributed by atoms with E-state index in [1.165, 1.54) is 19.6 Å². The molecule has 0 aromatic carbocycles. The maximum absolute atomic E-state index is 12.0. The second kappa shape index (κ2) is 5.80. The summed E-state index contributed by atoms with van der Waals surface area (Å²) < 4.78 is 5.26. The van der Waals surface area contributed by atoms with Crippen LogP contribution >= 0.6 is 0 Å². The molecule has 0 radical (unpaired) electrons. The van der Waals surface area contributed by atoms with Crippen LogP contribution in [-0.4, -0.2) is 29.6 Å². The molecule has 4 heteroatoms. The molecule has 26 heavy (non-hydrogen) atoms. The third-order valence-electron chi connectivity index (χ3n) is 9.16. The standard InChI is InChI=1S/C22H34O4/c1-15(24)26-14-22(25)12-21-10-7-17-19(2,13-23)8-4-9-20(17,3)18(21)6-5-16(22)11-21/h13,16-18,25H,4-12,14H2,1-3H3/t16-,17-,18+,19+,20-,21?,22-/m1/s1. The number of hydrogen-bond donors (Lipinski definition) is 1. The zero-order valence-electron chi connectivity index (χ0n) is 16.6. The van der Waals surface area contributed by atoms with Crippen LogP contribution in [0.25, 0.3) is 0 Å². The molecule has 146 valence electrons. The number of hydrogen-bond acceptors (Lipinski definition) is 4. The molecule has 4 saturated carbocycles. The van der Waals surface area contributed by atoms with Gasteiger partial charge in [-0.25, -0.2) is 0 Å². The highest BCUT2D eigenvalue weighted by molar-refractivity contribution is 5.66. The van der Waals surface area contributed by atoms with E-state index in [0.29, 0.717) is 11.8 Å². The molecular formula is C22H34O4. The Morgan fingerprint density at radius 1 is 1.15 bits per heavy atom. The van der Waals surface area contributed by atoms with Gasteiger partial charge in [0.25, 0.3) is 0 Å². The van der Waals surface area contributed by atoms with Gasteiger partial charge in [-0.2, -0.15) is 0 Å². The molecule has 4 aliphatic rings. The predicted octanol–water partition coefficient (Wildman–Crippen LogP) is 3.89. The summed E-state index contributed by atoms with van der Waals surface area (Å²) in [6.45, 7) is 6.18. The monoisotopic (exact) mass is 362 g/mol. The van der Waals surface area contributed by atoms with Crippen molar-refractivity contribution in [2.45, 2.75) is 84.2 Å². The largest absolute Gasteiger partial charge is 0.463 e. The van der Waals surface area contributed by atoms with E-state index in [2.05, 4.69) is 13.8 Å². The maximum atomic E-state index is 12.0. The van der Waals surface area contributed by atoms with E-state index < -0.39 is 5.60 Å². The molecule has 1 unspecified atom stereocenters. The molecule has 0 aliphatic heterocycles. The van der Waals surface area contributed by atoms with E-state index in [-0.39, 0.29) is 34.7 Å². The summed E-state index contributed by atoms with van der Waals surface area (Å²) in [7, 11) is 0. The van der Waals surface area contributed by atoms with Gasteiger partial charge in [0.05, 0.1) is 0 Å². The van der Waals surface area contributed by atoms with Gasteiger partial charge in [0, 0.05) is 12.3 Å². The highest BCUT2D eigenvalue weighted by Crippen LogP contribution is 2.72. The average Bonchev–Trinajstić information content (AvgIpc) is 2.79. The van der Waals surface area contributed by atoms with Crippen molar-refractivity contribution in [1.82, 2.24) is 0 Å². The van der Waals surface area contributed by atoms with Gasteiger partial charge >= 0.3 is 5.97 Å². The van der Waals surface area contributed by atoms with Crippen molar-refractivity contribution >= 4 is 12.3 Å². The van der Waals surface area contributed by atoms with E-state index in [1.807, 2.05) is 0 Å². The Balaban J connectivity index is 1.64.